The predicted molar refractivity (Wildman–Crippen MR) is 162 cm³/mol. The van der Waals surface area contributed by atoms with Crippen LogP contribution in [0.1, 0.15) is 24.4 Å². The quantitative estimate of drug-likeness (QED) is 0.251. The molecule has 1 fully saturated rings. The van der Waals surface area contributed by atoms with Gasteiger partial charge in [-0.25, -0.2) is 14.8 Å². The van der Waals surface area contributed by atoms with Gasteiger partial charge < -0.3 is 4.98 Å². The summed E-state index contributed by atoms with van der Waals surface area (Å²) in [5, 5.41) is 0.630. The number of H-pyrrole nitrogens is 1. The van der Waals surface area contributed by atoms with E-state index in [0.717, 1.165) is 77.1 Å². The van der Waals surface area contributed by atoms with Crippen molar-refractivity contribution in [3.05, 3.63) is 118 Å². The van der Waals surface area contributed by atoms with E-state index in [1.165, 1.54) is 5.56 Å². The van der Waals surface area contributed by atoms with Crippen LogP contribution in [-0.4, -0.2) is 37.5 Å². The molecule has 1 aliphatic heterocycles. The van der Waals surface area contributed by atoms with Crippen molar-refractivity contribution in [2.75, 3.05) is 13.1 Å². The first kappa shape index (κ1) is 24.8. The average Bonchev–Trinajstić information content (AvgIpc) is 3.32. The first-order valence-corrected chi connectivity index (χ1v) is 14.0. The van der Waals surface area contributed by atoms with Gasteiger partial charge in [-0.1, -0.05) is 78.3 Å². The van der Waals surface area contributed by atoms with Gasteiger partial charge in [0, 0.05) is 41.8 Å². The standard InChI is InChI=1S/C33H28ClN5O/c34-25-14-15-30-29(20-25)37-33(40)39(30)26-16-18-38(19-17-26)21-22-10-12-24(13-11-22)32-31(23-6-2-1-3-7-23)35-27-8-4-5-9-28(27)36-32/h1-15,20,26H,16-19,21H2,(H,37,40). The maximum atomic E-state index is 12.7. The van der Waals surface area contributed by atoms with E-state index in [1.54, 1.807) is 0 Å². The van der Waals surface area contributed by atoms with E-state index in [4.69, 9.17) is 21.6 Å². The maximum Gasteiger partial charge on any atom is 0.326 e. The average molecular weight is 546 g/mol. The van der Waals surface area contributed by atoms with Gasteiger partial charge in [0.05, 0.1) is 33.5 Å². The Morgan fingerprint density at radius 3 is 2.08 bits per heavy atom. The highest BCUT2D eigenvalue weighted by Gasteiger charge is 2.24. The molecular formula is C33H28ClN5O. The summed E-state index contributed by atoms with van der Waals surface area (Å²) in [6, 6.07) is 32.8. The number of aromatic nitrogens is 4. The van der Waals surface area contributed by atoms with Crippen molar-refractivity contribution in [2.45, 2.75) is 25.4 Å². The van der Waals surface area contributed by atoms with E-state index >= 15 is 0 Å². The molecule has 7 heteroatoms. The normalized spacial score (nSPS) is 14.7. The summed E-state index contributed by atoms with van der Waals surface area (Å²) in [6.45, 7) is 2.75. The molecule has 0 aliphatic carbocycles. The van der Waals surface area contributed by atoms with Crippen LogP contribution in [0.5, 0.6) is 0 Å². The summed E-state index contributed by atoms with van der Waals surface area (Å²) in [7, 11) is 0. The summed E-state index contributed by atoms with van der Waals surface area (Å²) in [6.07, 6.45) is 1.86. The maximum absolute atomic E-state index is 12.7. The van der Waals surface area contributed by atoms with Crippen LogP contribution in [0.25, 0.3) is 44.6 Å². The third kappa shape index (κ3) is 4.70. The zero-order valence-electron chi connectivity index (χ0n) is 21.9. The van der Waals surface area contributed by atoms with Crippen LogP contribution in [0.3, 0.4) is 0 Å². The molecule has 1 saturated heterocycles. The monoisotopic (exact) mass is 545 g/mol. The predicted octanol–water partition coefficient (Wildman–Crippen LogP) is 7.10. The van der Waals surface area contributed by atoms with Crippen LogP contribution in [0.4, 0.5) is 0 Å². The van der Waals surface area contributed by atoms with E-state index in [0.29, 0.717) is 5.02 Å². The number of rotatable bonds is 5. The largest absolute Gasteiger partial charge is 0.326 e. The lowest BCUT2D eigenvalue weighted by molar-refractivity contribution is 0.180. The van der Waals surface area contributed by atoms with Crippen molar-refractivity contribution in [3.63, 3.8) is 0 Å². The van der Waals surface area contributed by atoms with Crippen molar-refractivity contribution >= 4 is 33.7 Å². The first-order chi connectivity index (χ1) is 19.6. The van der Waals surface area contributed by atoms with Gasteiger partial charge in [0.15, 0.2) is 0 Å². The molecule has 1 N–H and O–H groups in total. The Morgan fingerprint density at radius 1 is 0.775 bits per heavy atom. The zero-order chi connectivity index (χ0) is 27.1. The van der Waals surface area contributed by atoms with Gasteiger partial charge in [0.1, 0.15) is 0 Å². The number of nitrogens with zero attached hydrogens (tertiary/aromatic N) is 4. The Balaban J connectivity index is 1.09. The van der Waals surface area contributed by atoms with Gasteiger partial charge in [-0.15, -0.1) is 0 Å². The second-order valence-electron chi connectivity index (χ2n) is 10.4. The Kier molecular flexibility index (Phi) is 6.42. The van der Waals surface area contributed by atoms with E-state index in [-0.39, 0.29) is 11.7 Å². The highest BCUT2D eigenvalue weighted by atomic mass is 35.5. The number of hydrogen-bond acceptors (Lipinski definition) is 4. The molecule has 6 aromatic rings. The van der Waals surface area contributed by atoms with E-state index in [9.17, 15) is 4.79 Å². The number of benzene rings is 4. The molecule has 4 aromatic carbocycles. The number of imidazole rings is 1. The highest BCUT2D eigenvalue weighted by molar-refractivity contribution is 6.31. The number of fused-ring (bicyclic) bond motifs is 2. The molecule has 40 heavy (non-hydrogen) atoms. The number of nitrogens with one attached hydrogen (secondary N) is 1. The fourth-order valence-electron chi connectivity index (χ4n) is 5.83. The fraction of sp³-hybridized carbons (Fsp3) is 0.182. The van der Waals surface area contributed by atoms with Crippen LogP contribution < -0.4 is 5.69 Å². The molecule has 0 amide bonds. The number of piperidine rings is 1. The van der Waals surface area contributed by atoms with Crippen molar-refractivity contribution in [3.8, 4) is 22.5 Å². The molecule has 7 rings (SSSR count). The van der Waals surface area contributed by atoms with Gasteiger partial charge >= 0.3 is 5.69 Å². The van der Waals surface area contributed by atoms with Crippen LogP contribution >= 0.6 is 11.6 Å². The van der Waals surface area contributed by atoms with Gasteiger partial charge in [0.2, 0.25) is 0 Å². The summed E-state index contributed by atoms with van der Waals surface area (Å²) >= 11 is 6.12. The third-order valence-corrected chi connectivity index (χ3v) is 8.09. The smallest absolute Gasteiger partial charge is 0.305 e. The zero-order valence-corrected chi connectivity index (χ0v) is 22.7. The molecule has 1 aliphatic rings. The molecule has 0 spiro atoms. The van der Waals surface area contributed by atoms with Crippen LogP contribution in [0.2, 0.25) is 5.02 Å². The molecule has 0 unspecified atom stereocenters. The van der Waals surface area contributed by atoms with Gasteiger partial charge in [-0.3, -0.25) is 9.47 Å². The van der Waals surface area contributed by atoms with E-state index in [1.807, 2.05) is 65.2 Å². The number of aromatic amines is 1. The number of halogens is 1. The van der Waals surface area contributed by atoms with Crippen molar-refractivity contribution in [1.29, 1.82) is 0 Å². The minimum atomic E-state index is -0.0574. The Bertz CT molecular complexity index is 1870. The second kappa shape index (κ2) is 10.4. The van der Waals surface area contributed by atoms with Gasteiger partial charge in [-0.05, 0) is 48.7 Å². The minimum absolute atomic E-state index is 0.0574. The molecule has 0 radical (unpaired) electrons. The second-order valence-corrected chi connectivity index (χ2v) is 10.9. The molecule has 2 aromatic heterocycles. The third-order valence-electron chi connectivity index (χ3n) is 7.85. The molecule has 3 heterocycles. The first-order valence-electron chi connectivity index (χ1n) is 13.7. The van der Waals surface area contributed by atoms with E-state index in [2.05, 4.69) is 46.3 Å². The summed E-state index contributed by atoms with van der Waals surface area (Å²) in [4.78, 5) is 28.1. The summed E-state index contributed by atoms with van der Waals surface area (Å²) in [5.41, 5.74) is 8.60. The van der Waals surface area contributed by atoms with Gasteiger partial charge in [0.25, 0.3) is 0 Å². The highest BCUT2D eigenvalue weighted by Crippen LogP contribution is 2.32. The molecule has 6 nitrogen and oxygen atoms in total. The Hall–Kier alpha value is -4.26. The van der Waals surface area contributed by atoms with Crippen molar-refractivity contribution in [2.24, 2.45) is 0 Å². The fourth-order valence-corrected chi connectivity index (χ4v) is 6.00. The lowest BCUT2D eigenvalue weighted by atomic mass is 10.0. The molecular weight excluding hydrogens is 518 g/mol. The molecule has 0 saturated carbocycles. The Labute approximate surface area is 236 Å². The topological polar surface area (TPSA) is 66.8 Å². The van der Waals surface area contributed by atoms with E-state index < -0.39 is 0 Å². The van der Waals surface area contributed by atoms with Gasteiger partial charge in [-0.2, -0.15) is 0 Å². The van der Waals surface area contributed by atoms with Crippen molar-refractivity contribution in [1.82, 2.24) is 24.4 Å². The number of para-hydroxylation sites is 2. The Morgan fingerprint density at radius 2 is 1.40 bits per heavy atom. The number of hydrogen-bond donors (Lipinski definition) is 1. The van der Waals surface area contributed by atoms with Crippen molar-refractivity contribution < 1.29 is 0 Å². The summed E-state index contributed by atoms with van der Waals surface area (Å²) < 4.78 is 1.91. The minimum Gasteiger partial charge on any atom is -0.305 e. The molecule has 0 bridgehead atoms. The molecule has 0 atom stereocenters. The SMILES string of the molecule is O=c1[nH]c2cc(Cl)ccc2n1C1CCN(Cc2ccc(-c3nc4ccccc4nc3-c3ccccc3)cc2)CC1. The lowest BCUT2D eigenvalue weighted by Crippen LogP contribution is -2.36. The van der Waals surface area contributed by atoms with Crippen LogP contribution in [-0.2, 0) is 6.54 Å². The lowest BCUT2D eigenvalue weighted by Gasteiger charge is -2.32. The summed E-state index contributed by atoms with van der Waals surface area (Å²) in [5.74, 6) is 0. The van der Waals surface area contributed by atoms with Crippen LogP contribution in [0, 0.1) is 0 Å². The molecule has 198 valence electrons. The number of likely N-dealkylation sites (tertiary alicyclic amines) is 1. The van der Waals surface area contributed by atoms with Crippen LogP contribution in [0.15, 0.2) is 102 Å².